The predicted octanol–water partition coefficient (Wildman–Crippen LogP) is 4.28. The Kier molecular flexibility index (Phi) is 5.82. The van der Waals surface area contributed by atoms with Crippen LogP contribution in [0.5, 0.6) is 11.5 Å². The first-order valence-electron chi connectivity index (χ1n) is 7.10. The lowest BCUT2D eigenvalue weighted by Crippen LogP contribution is -2.32. The van der Waals surface area contributed by atoms with Gasteiger partial charge in [-0.15, -0.1) is 0 Å². The van der Waals surface area contributed by atoms with Gasteiger partial charge in [0.25, 0.3) is 5.91 Å². The average molecular weight is 338 g/mol. The summed E-state index contributed by atoms with van der Waals surface area (Å²) in [6, 6.07) is 10.4. The average Bonchev–Trinajstić information content (AvgIpc) is 2.54. The predicted molar refractivity (Wildman–Crippen MR) is 87.7 cm³/mol. The zero-order valence-corrected chi connectivity index (χ0v) is 13.6. The molecule has 2 rings (SSSR count). The minimum Gasteiger partial charge on any atom is -0.495 e. The van der Waals surface area contributed by atoms with Crippen molar-refractivity contribution in [1.29, 1.82) is 0 Å². The van der Waals surface area contributed by atoms with E-state index in [4.69, 9.17) is 21.1 Å². The number of rotatable bonds is 6. The van der Waals surface area contributed by atoms with Gasteiger partial charge in [0.1, 0.15) is 17.3 Å². The van der Waals surface area contributed by atoms with Crippen molar-refractivity contribution in [3.63, 3.8) is 0 Å². The number of benzene rings is 2. The minimum absolute atomic E-state index is 0.336. The van der Waals surface area contributed by atoms with Crippen LogP contribution in [-0.4, -0.2) is 19.1 Å². The van der Waals surface area contributed by atoms with Gasteiger partial charge in [0.2, 0.25) is 0 Å². The van der Waals surface area contributed by atoms with Crippen molar-refractivity contribution < 1.29 is 18.7 Å². The zero-order valence-electron chi connectivity index (χ0n) is 12.8. The molecule has 1 N–H and O–H groups in total. The normalized spacial score (nSPS) is 11.7. The third kappa shape index (κ3) is 4.60. The molecule has 6 heteroatoms. The molecule has 122 valence electrons. The van der Waals surface area contributed by atoms with Crippen LogP contribution in [0.15, 0.2) is 42.5 Å². The third-order valence-corrected chi connectivity index (χ3v) is 3.41. The molecule has 0 bridgehead atoms. The van der Waals surface area contributed by atoms with Crippen molar-refractivity contribution in [2.45, 2.75) is 19.4 Å². The Morgan fingerprint density at radius 2 is 1.96 bits per heavy atom. The van der Waals surface area contributed by atoms with Crippen molar-refractivity contribution in [3.05, 3.63) is 53.3 Å². The number of nitrogens with one attached hydrogen (secondary N) is 1. The number of hydrogen-bond acceptors (Lipinski definition) is 3. The van der Waals surface area contributed by atoms with Crippen molar-refractivity contribution >= 4 is 23.2 Å². The van der Waals surface area contributed by atoms with Gasteiger partial charge in [-0.3, -0.25) is 4.79 Å². The van der Waals surface area contributed by atoms with E-state index >= 15 is 0 Å². The number of halogens is 2. The van der Waals surface area contributed by atoms with E-state index in [2.05, 4.69) is 5.32 Å². The number of methoxy groups -OCH3 is 1. The molecule has 0 spiro atoms. The molecule has 0 saturated carbocycles. The second-order valence-electron chi connectivity index (χ2n) is 4.80. The highest BCUT2D eigenvalue weighted by atomic mass is 35.5. The van der Waals surface area contributed by atoms with Crippen LogP contribution in [0.4, 0.5) is 10.1 Å². The fraction of sp³-hybridized carbons (Fsp3) is 0.235. The summed E-state index contributed by atoms with van der Waals surface area (Å²) in [7, 11) is 1.51. The molecule has 0 heterocycles. The standard InChI is InChI=1S/C17H17ClFNO3/c1-3-15(23-13-7-5-12(19)6-8-13)17(21)20-14-10-11(18)4-9-16(14)22-2/h4-10,15H,3H2,1-2H3,(H,20,21)/t15-/m1/s1. The van der Waals surface area contributed by atoms with Crippen LogP contribution >= 0.6 is 11.6 Å². The number of amides is 1. The maximum Gasteiger partial charge on any atom is 0.265 e. The van der Waals surface area contributed by atoms with Crippen molar-refractivity contribution in [3.8, 4) is 11.5 Å². The Hall–Kier alpha value is -2.27. The number of ether oxygens (including phenoxy) is 2. The van der Waals surface area contributed by atoms with E-state index < -0.39 is 6.10 Å². The summed E-state index contributed by atoms with van der Waals surface area (Å²) >= 11 is 5.94. The molecule has 0 fully saturated rings. The molecule has 1 amide bonds. The van der Waals surface area contributed by atoms with E-state index in [0.29, 0.717) is 28.6 Å². The number of carbonyl (C=O) groups is 1. The largest absolute Gasteiger partial charge is 0.495 e. The van der Waals surface area contributed by atoms with Gasteiger partial charge in [0.05, 0.1) is 12.8 Å². The van der Waals surface area contributed by atoms with Crippen LogP contribution in [0.3, 0.4) is 0 Å². The van der Waals surface area contributed by atoms with E-state index in [1.807, 2.05) is 6.92 Å². The molecule has 0 saturated heterocycles. The van der Waals surface area contributed by atoms with Crippen LogP contribution in [0.2, 0.25) is 5.02 Å². The third-order valence-electron chi connectivity index (χ3n) is 3.17. The molecule has 2 aromatic carbocycles. The summed E-state index contributed by atoms with van der Waals surface area (Å²) in [6.45, 7) is 1.82. The fourth-order valence-electron chi connectivity index (χ4n) is 1.99. The molecule has 2 aromatic rings. The van der Waals surface area contributed by atoms with E-state index in [1.54, 1.807) is 18.2 Å². The maximum atomic E-state index is 12.9. The van der Waals surface area contributed by atoms with E-state index in [9.17, 15) is 9.18 Å². The summed E-state index contributed by atoms with van der Waals surface area (Å²) < 4.78 is 23.7. The summed E-state index contributed by atoms with van der Waals surface area (Å²) in [5.74, 6) is 0.224. The number of anilines is 1. The summed E-state index contributed by atoms with van der Waals surface area (Å²) in [6.07, 6.45) is -0.268. The lowest BCUT2D eigenvalue weighted by Gasteiger charge is -2.18. The number of hydrogen-bond donors (Lipinski definition) is 1. The Morgan fingerprint density at radius 1 is 1.26 bits per heavy atom. The Balaban J connectivity index is 2.11. The van der Waals surface area contributed by atoms with Gasteiger partial charge in [-0.05, 0) is 48.9 Å². The molecule has 4 nitrogen and oxygen atoms in total. The highest BCUT2D eigenvalue weighted by Crippen LogP contribution is 2.28. The molecule has 0 radical (unpaired) electrons. The Morgan fingerprint density at radius 3 is 2.57 bits per heavy atom. The maximum absolute atomic E-state index is 12.9. The lowest BCUT2D eigenvalue weighted by atomic mass is 10.2. The molecule has 0 aliphatic heterocycles. The van der Waals surface area contributed by atoms with Crippen LogP contribution in [-0.2, 0) is 4.79 Å². The first kappa shape index (κ1) is 17.1. The van der Waals surface area contributed by atoms with Gasteiger partial charge < -0.3 is 14.8 Å². The van der Waals surface area contributed by atoms with Crippen molar-refractivity contribution in [1.82, 2.24) is 0 Å². The van der Waals surface area contributed by atoms with Crippen LogP contribution in [0.25, 0.3) is 0 Å². The monoisotopic (exact) mass is 337 g/mol. The quantitative estimate of drug-likeness (QED) is 0.855. The van der Waals surface area contributed by atoms with E-state index in [1.165, 1.54) is 31.4 Å². The minimum atomic E-state index is -0.718. The van der Waals surface area contributed by atoms with E-state index in [0.717, 1.165) is 0 Å². The molecule has 0 aromatic heterocycles. The highest BCUT2D eigenvalue weighted by molar-refractivity contribution is 6.31. The van der Waals surface area contributed by atoms with Gasteiger partial charge in [-0.2, -0.15) is 0 Å². The van der Waals surface area contributed by atoms with Crippen LogP contribution in [0, 0.1) is 5.82 Å². The lowest BCUT2D eigenvalue weighted by molar-refractivity contribution is -0.122. The second kappa shape index (κ2) is 7.83. The molecule has 0 aliphatic rings. The molecule has 0 unspecified atom stereocenters. The molecule has 0 aliphatic carbocycles. The molecule has 1 atom stereocenters. The summed E-state index contributed by atoms with van der Waals surface area (Å²) in [5, 5.41) is 3.22. The van der Waals surface area contributed by atoms with Gasteiger partial charge >= 0.3 is 0 Å². The highest BCUT2D eigenvalue weighted by Gasteiger charge is 2.20. The van der Waals surface area contributed by atoms with E-state index in [-0.39, 0.29) is 11.7 Å². The molecular formula is C17H17ClFNO3. The van der Waals surface area contributed by atoms with Gasteiger partial charge in [-0.1, -0.05) is 18.5 Å². The molecular weight excluding hydrogens is 321 g/mol. The number of carbonyl (C=O) groups excluding carboxylic acids is 1. The fourth-order valence-corrected chi connectivity index (χ4v) is 2.16. The SMILES string of the molecule is CC[C@@H](Oc1ccc(F)cc1)C(=O)Nc1cc(Cl)ccc1OC. The summed E-state index contributed by atoms with van der Waals surface area (Å²) in [5.41, 5.74) is 0.464. The Bertz CT molecular complexity index is 676. The first-order valence-corrected chi connectivity index (χ1v) is 7.48. The second-order valence-corrected chi connectivity index (χ2v) is 5.24. The topological polar surface area (TPSA) is 47.6 Å². The van der Waals surface area contributed by atoms with Crippen molar-refractivity contribution in [2.75, 3.05) is 12.4 Å². The van der Waals surface area contributed by atoms with Gasteiger partial charge in [0.15, 0.2) is 6.10 Å². The molecule has 23 heavy (non-hydrogen) atoms. The first-order chi connectivity index (χ1) is 11.0. The van der Waals surface area contributed by atoms with Gasteiger partial charge in [-0.25, -0.2) is 4.39 Å². The summed E-state index contributed by atoms with van der Waals surface area (Å²) in [4.78, 5) is 12.4. The van der Waals surface area contributed by atoms with Crippen molar-refractivity contribution in [2.24, 2.45) is 0 Å². The Labute approximate surface area is 139 Å². The van der Waals surface area contributed by atoms with Gasteiger partial charge in [0, 0.05) is 5.02 Å². The van der Waals surface area contributed by atoms with Crippen LogP contribution < -0.4 is 14.8 Å². The zero-order chi connectivity index (χ0) is 16.8. The smallest absolute Gasteiger partial charge is 0.265 e. The van der Waals surface area contributed by atoms with Crippen LogP contribution in [0.1, 0.15) is 13.3 Å².